The Kier molecular flexibility index (Phi) is 4.48. The van der Waals surface area contributed by atoms with Crippen molar-refractivity contribution in [3.8, 4) is 17.1 Å². The molecule has 40 heavy (non-hydrogen) atoms. The molecule has 0 atom stereocenters. The van der Waals surface area contributed by atoms with Crippen molar-refractivity contribution in [2.45, 2.75) is 0 Å². The summed E-state index contributed by atoms with van der Waals surface area (Å²) >= 11 is 1.87. The zero-order valence-corrected chi connectivity index (χ0v) is 22.2. The molecule has 0 aliphatic rings. The molecule has 0 saturated carbocycles. The number of hydrogen-bond donors (Lipinski definition) is 0. The molecule has 3 aromatic heterocycles. The normalized spacial score (nSPS) is 12.0. The number of aromatic nitrogens is 3. The van der Waals surface area contributed by atoms with Crippen molar-refractivity contribution in [1.29, 1.82) is 0 Å². The van der Waals surface area contributed by atoms with E-state index in [1.54, 1.807) is 0 Å². The molecular formula is C36H21N3S. The lowest BCUT2D eigenvalue weighted by molar-refractivity contribution is 1.01. The average Bonchev–Trinajstić information content (AvgIpc) is 3.57. The molecule has 6 aromatic carbocycles. The van der Waals surface area contributed by atoms with Gasteiger partial charge >= 0.3 is 0 Å². The number of hydrogen-bond acceptors (Lipinski definition) is 3. The fourth-order valence-electron chi connectivity index (χ4n) is 6.19. The molecule has 3 heterocycles. The van der Waals surface area contributed by atoms with Gasteiger partial charge in [0.15, 0.2) is 0 Å². The quantitative estimate of drug-likeness (QED) is 0.224. The topological polar surface area (TPSA) is 30.7 Å². The van der Waals surface area contributed by atoms with Crippen LogP contribution < -0.4 is 0 Å². The minimum Gasteiger partial charge on any atom is -0.277 e. The van der Waals surface area contributed by atoms with Crippen LogP contribution in [0.4, 0.5) is 0 Å². The molecule has 3 nitrogen and oxygen atoms in total. The zero-order chi connectivity index (χ0) is 26.2. The van der Waals surface area contributed by atoms with E-state index in [1.165, 1.54) is 58.4 Å². The summed E-state index contributed by atoms with van der Waals surface area (Å²) in [6.45, 7) is 0. The first-order valence-electron chi connectivity index (χ1n) is 13.4. The summed E-state index contributed by atoms with van der Waals surface area (Å²) in [4.78, 5) is 10.1. The molecule has 0 saturated heterocycles. The summed E-state index contributed by atoms with van der Waals surface area (Å²) in [5.41, 5.74) is 5.57. The van der Waals surface area contributed by atoms with Gasteiger partial charge < -0.3 is 0 Å². The summed E-state index contributed by atoms with van der Waals surface area (Å²) in [6, 6.07) is 43.2. The lowest BCUT2D eigenvalue weighted by Crippen LogP contribution is -2.01. The first-order valence-corrected chi connectivity index (χ1v) is 14.2. The first kappa shape index (κ1) is 21.8. The maximum atomic E-state index is 5.13. The van der Waals surface area contributed by atoms with Crippen molar-refractivity contribution in [3.05, 3.63) is 128 Å². The molecule has 4 heteroatoms. The van der Waals surface area contributed by atoms with Gasteiger partial charge in [0.1, 0.15) is 0 Å². The van der Waals surface area contributed by atoms with Crippen molar-refractivity contribution < 1.29 is 0 Å². The Balaban J connectivity index is 1.36. The third-order valence-corrected chi connectivity index (χ3v) is 9.24. The van der Waals surface area contributed by atoms with Gasteiger partial charge in [0.25, 0.3) is 0 Å². The number of fused-ring (bicyclic) bond motifs is 10. The summed E-state index contributed by atoms with van der Waals surface area (Å²) < 4.78 is 4.86. The molecule has 0 aliphatic heterocycles. The van der Waals surface area contributed by atoms with Gasteiger partial charge in [0.05, 0.1) is 16.6 Å². The highest BCUT2D eigenvalue weighted by Gasteiger charge is 2.20. The highest BCUT2D eigenvalue weighted by molar-refractivity contribution is 7.26. The Morgan fingerprint density at radius 1 is 0.575 bits per heavy atom. The molecule has 0 bridgehead atoms. The number of benzene rings is 6. The van der Waals surface area contributed by atoms with Crippen molar-refractivity contribution >= 4 is 75.0 Å². The van der Waals surface area contributed by atoms with E-state index >= 15 is 0 Å². The van der Waals surface area contributed by atoms with E-state index in [9.17, 15) is 0 Å². The van der Waals surface area contributed by atoms with Gasteiger partial charge in [-0.2, -0.15) is 0 Å². The lowest BCUT2D eigenvalue weighted by atomic mass is 10.0. The molecule has 0 radical (unpaired) electrons. The van der Waals surface area contributed by atoms with Crippen LogP contribution >= 0.6 is 11.3 Å². The molecule has 9 rings (SSSR count). The van der Waals surface area contributed by atoms with Crippen LogP contribution in [-0.4, -0.2) is 14.5 Å². The second kappa shape index (κ2) is 8.22. The Hall–Kier alpha value is -5.06. The van der Waals surface area contributed by atoms with Gasteiger partial charge in [-0.1, -0.05) is 97.1 Å². The van der Waals surface area contributed by atoms with Crippen molar-refractivity contribution in [2.75, 3.05) is 0 Å². The Labute approximate surface area is 233 Å². The van der Waals surface area contributed by atoms with Crippen LogP contribution in [0.2, 0.25) is 0 Å². The summed E-state index contributed by atoms with van der Waals surface area (Å²) in [5.74, 6) is 0.693. The fraction of sp³-hybridized carbons (Fsp3) is 0. The minimum atomic E-state index is 0.693. The van der Waals surface area contributed by atoms with Gasteiger partial charge in [-0.05, 0) is 46.2 Å². The number of rotatable bonds is 2. The lowest BCUT2D eigenvalue weighted by Gasteiger charge is -2.09. The van der Waals surface area contributed by atoms with Crippen molar-refractivity contribution in [1.82, 2.24) is 14.5 Å². The van der Waals surface area contributed by atoms with Crippen LogP contribution in [0.15, 0.2) is 128 Å². The summed E-state index contributed by atoms with van der Waals surface area (Å²) in [7, 11) is 0. The van der Waals surface area contributed by atoms with E-state index in [4.69, 9.17) is 9.97 Å². The monoisotopic (exact) mass is 527 g/mol. The van der Waals surface area contributed by atoms with Crippen molar-refractivity contribution in [2.24, 2.45) is 0 Å². The third-order valence-electron chi connectivity index (χ3n) is 8.03. The van der Waals surface area contributed by atoms with E-state index in [0.29, 0.717) is 5.95 Å². The molecule has 0 spiro atoms. The number of para-hydroxylation sites is 1. The van der Waals surface area contributed by atoms with Crippen LogP contribution in [0.3, 0.4) is 0 Å². The number of thiophene rings is 1. The Bertz CT molecular complexity index is 2430. The van der Waals surface area contributed by atoms with Crippen LogP contribution in [0, 0.1) is 0 Å². The average molecular weight is 528 g/mol. The zero-order valence-electron chi connectivity index (χ0n) is 21.4. The second-order valence-electron chi connectivity index (χ2n) is 10.3. The van der Waals surface area contributed by atoms with Gasteiger partial charge in [-0.3, -0.25) is 4.57 Å². The molecule has 0 N–H and O–H groups in total. The van der Waals surface area contributed by atoms with Gasteiger partial charge in [-0.15, -0.1) is 11.3 Å². The molecule has 0 unspecified atom stereocenters. The van der Waals surface area contributed by atoms with Crippen molar-refractivity contribution in [3.63, 3.8) is 0 Å². The van der Waals surface area contributed by atoms with Gasteiger partial charge in [0.2, 0.25) is 5.95 Å². The van der Waals surface area contributed by atoms with Gasteiger partial charge in [0, 0.05) is 42.5 Å². The van der Waals surface area contributed by atoms with E-state index in [-0.39, 0.29) is 0 Å². The largest absolute Gasteiger partial charge is 0.277 e. The smallest absolute Gasteiger partial charge is 0.235 e. The van der Waals surface area contributed by atoms with Crippen LogP contribution in [0.5, 0.6) is 0 Å². The highest BCUT2D eigenvalue weighted by atomic mass is 32.1. The molecule has 0 aliphatic carbocycles. The summed E-state index contributed by atoms with van der Waals surface area (Å²) in [5, 5.41) is 8.58. The maximum absolute atomic E-state index is 5.13. The molecular weight excluding hydrogens is 506 g/mol. The van der Waals surface area contributed by atoms with Crippen LogP contribution in [-0.2, 0) is 0 Å². The molecule has 9 aromatic rings. The predicted octanol–water partition coefficient (Wildman–Crippen LogP) is 9.91. The second-order valence-corrected chi connectivity index (χ2v) is 11.3. The van der Waals surface area contributed by atoms with E-state index in [0.717, 1.165) is 16.4 Å². The predicted molar refractivity (Wildman–Crippen MR) is 170 cm³/mol. The highest BCUT2D eigenvalue weighted by Crippen LogP contribution is 2.44. The maximum Gasteiger partial charge on any atom is 0.235 e. The van der Waals surface area contributed by atoms with E-state index < -0.39 is 0 Å². The molecule has 0 amide bonds. The Morgan fingerprint density at radius 3 is 2.30 bits per heavy atom. The first-order chi connectivity index (χ1) is 19.8. The van der Waals surface area contributed by atoms with Gasteiger partial charge in [-0.25, -0.2) is 9.97 Å². The summed E-state index contributed by atoms with van der Waals surface area (Å²) in [6.07, 6.45) is 1.96. The third kappa shape index (κ3) is 3.05. The van der Waals surface area contributed by atoms with Crippen LogP contribution in [0.1, 0.15) is 0 Å². The molecule has 186 valence electrons. The minimum absolute atomic E-state index is 0.693. The van der Waals surface area contributed by atoms with E-state index in [1.807, 2.05) is 23.6 Å². The Morgan fingerprint density at radius 2 is 1.38 bits per heavy atom. The number of nitrogens with zero attached hydrogens (tertiary/aromatic N) is 3. The van der Waals surface area contributed by atoms with E-state index in [2.05, 4.69) is 120 Å². The fourth-order valence-corrected chi connectivity index (χ4v) is 7.43. The van der Waals surface area contributed by atoms with Crippen LogP contribution in [0.25, 0.3) is 80.7 Å². The SMILES string of the molecule is c1ccc(-c2ccc3nc(-n4c5ccccc5c5ccc6sc7c8ccccc8ccc7c6c54)ncc3c2)cc1. The standard InChI is InChI=1S/C36H21N3S/c1-2-8-22(9-3-1)24-15-18-30-25(20-24)21-37-36(38-30)39-31-13-7-6-12-27(31)28-17-19-32-33(34(28)39)29-16-14-23-10-4-5-11-26(23)35(29)40-32/h1-21H. The molecule has 0 fully saturated rings.